The highest BCUT2D eigenvalue weighted by Gasteiger charge is 2.05. The summed E-state index contributed by atoms with van der Waals surface area (Å²) in [6.07, 6.45) is 3.46. The maximum atomic E-state index is 11.7. The number of ketones is 1. The van der Waals surface area contributed by atoms with Crippen LogP contribution in [0.1, 0.15) is 20.1 Å². The van der Waals surface area contributed by atoms with E-state index in [4.69, 9.17) is 11.6 Å². The van der Waals surface area contributed by atoms with E-state index in [1.165, 1.54) is 16.9 Å². The Morgan fingerprint density at radius 3 is 2.75 bits per heavy atom. The monoisotopic (exact) mass is 268 g/mol. The number of carbonyl (C=O) groups excluding carboxylic acids is 1. The van der Waals surface area contributed by atoms with Crippen molar-refractivity contribution in [1.29, 1.82) is 0 Å². The molecule has 0 spiro atoms. The predicted octanol–water partition coefficient (Wildman–Crippen LogP) is 4.67. The first-order valence-electron chi connectivity index (χ1n) is 4.68. The lowest BCUT2D eigenvalue weighted by Gasteiger charge is -1.90. The lowest BCUT2D eigenvalue weighted by atomic mass is 10.2. The third-order valence-electron chi connectivity index (χ3n) is 2.10. The normalized spacial score (nSPS) is 11.1. The minimum absolute atomic E-state index is 0.00435. The topological polar surface area (TPSA) is 17.1 Å². The number of carbonyl (C=O) groups is 1. The molecule has 0 fully saturated rings. The van der Waals surface area contributed by atoms with E-state index in [0.717, 1.165) is 4.88 Å². The summed E-state index contributed by atoms with van der Waals surface area (Å²) >= 11 is 8.71. The second-order valence-electron chi connectivity index (χ2n) is 3.27. The second-order valence-corrected chi connectivity index (χ2v) is 5.93. The van der Waals surface area contributed by atoms with E-state index in [2.05, 4.69) is 0 Å². The van der Waals surface area contributed by atoms with Crippen molar-refractivity contribution in [2.24, 2.45) is 0 Å². The summed E-state index contributed by atoms with van der Waals surface area (Å²) < 4.78 is 0.643. The number of aryl methyl sites for hydroxylation is 1. The molecule has 0 saturated heterocycles. The van der Waals surface area contributed by atoms with Gasteiger partial charge in [-0.2, -0.15) is 0 Å². The van der Waals surface area contributed by atoms with Gasteiger partial charge in [0.1, 0.15) is 0 Å². The van der Waals surface area contributed by atoms with Gasteiger partial charge >= 0.3 is 0 Å². The first-order valence-corrected chi connectivity index (χ1v) is 6.76. The van der Waals surface area contributed by atoms with Gasteiger partial charge in [0.15, 0.2) is 5.78 Å². The Bertz CT molecular complexity index is 537. The molecule has 2 aromatic rings. The fourth-order valence-corrected chi connectivity index (χ4v) is 3.02. The number of allylic oxidation sites excluding steroid dienone is 1. The quantitative estimate of drug-likeness (QED) is 0.584. The fourth-order valence-electron chi connectivity index (χ4n) is 1.24. The van der Waals surface area contributed by atoms with Crippen LogP contribution in [0.3, 0.4) is 0 Å². The molecule has 1 nitrogen and oxygen atoms in total. The number of hydrogen-bond acceptors (Lipinski definition) is 3. The number of thiophene rings is 2. The molecule has 0 bridgehead atoms. The zero-order valence-electron chi connectivity index (χ0n) is 8.57. The third kappa shape index (κ3) is 2.61. The van der Waals surface area contributed by atoms with Crippen LogP contribution in [0.15, 0.2) is 29.7 Å². The number of hydrogen-bond donors (Lipinski definition) is 0. The molecule has 16 heavy (non-hydrogen) atoms. The first-order chi connectivity index (χ1) is 7.66. The number of halogens is 1. The van der Waals surface area contributed by atoms with Crippen molar-refractivity contribution in [3.05, 3.63) is 49.3 Å². The van der Waals surface area contributed by atoms with Crippen molar-refractivity contribution < 1.29 is 4.79 Å². The Morgan fingerprint density at radius 1 is 1.38 bits per heavy atom. The first kappa shape index (κ1) is 11.6. The average Bonchev–Trinajstić information content (AvgIpc) is 2.84. The Balaban J connectivity index is 2.14. The molecule has 0 unspecified atom stereocenters. The van der Waals surface area contributed by atoms with Gasteiger partial charge in [-0.15, -0.1) is 22.7 Å². The maximum absolute atomic E-state index is 11.7. The van der Waals surface area contributed by atoms with Crippen molar-refractivity contribution in [3.63, 3.8) is 0 Å². The molecule has 0 saturated carbocycles. The summed E-state index contributed by atoms with van der Waals surface area (Å²) in [7, 11) is 0. The Morgan fingerprint density at radius 2 is 2.19 bits per heavy atom. The second kappa shape index (κ2) is 4.95. The molecule has 0 atom stereocenters. The molecule has 0 aliphatic carbocycles. The summed E-state index contributed by atoms with van der Waals surface area (Å²) in [4.78, 5) is 13.5. The summed E-state index contributed by atoms with van der Waals surface area (Å²) in [6.45, 7) is 2.03. The third-order valence-corrected chi connectivity index (χ3v) is 4.33. The standard InChI is InChI=1S/C12H9ClOS2/c1-8-6-7-15-10(8)3-2-9(14)11-4-5-12(13)16-11/h2-7H,1H3/b3-2+. The Hall–Kier alpha value is -0.900. The Kier molecular flexibility index (Phi) is 3.59. The van der Waals surface area contributed by atoms with Gasteiger partial charge in [0.2, 0.25) is 0 Å². The highest BCUT2D eigenvalue weighted by Crippen LogP contribution is 2.23. The molecule has 4 heteroatoms. The molecule has 82 valence electrons. The predicted molar refractivity (Wildman–Crippen MR) is 71.7 cm³/mol. The van der Waals surface area contributed by atoms with Crippen LogP contribution in [-0.4, -0.2) is 5.78 Å². The van der Waals surface area contributed by atoms with Crippen molar-refractivity contribution >= 4 is 46.1 Å². The van der Waals surface area contributed by atoms with Crippen LogP contribution in [-0.2, 0) is 0 Å². The molecule has 2 aromatic heterocycles. The van der Waals surface area contributed by atoms with Gasteiger partial charge in [-0.25, -0.2) is 0 Å². The smallest absolute Gasteiger partial charge is 0.195 e. The zero-order valence-corrected chi connectivity index (χ0v) is 11.0. The molecule has 2 heterocycles. The van der Waals surface area contributed by atoms with Crippen LogP contribution < -0.4 is 0 Å². The summed E-state index contributed by atoms with van der Waals surface area (Å²) in [5, 5.41) is 2.02. The van der Waals surface area contributed by atoms with Gasteiger partial charge in [0.25, 0.3) is 0 Å². The molecule has 0 amide bonds. The van der Waals surface area contributed by atoms with Crippen molar-refractivity contribution in [3.8, 4) is 0 Å². The van der Waals surface area contributed by atoms with Crippen LogP contribution in [0.2, 0.25) is 4.34 Å². The van der Waals surface area contributed by atoms with E-state index in [9.17, 15) is 4.79 Å². The van der Waals surface area contributed by atoms with Gasteiger partial charge in [-0.05, 0) is 48.2 Å². The van der Waals surface area contributed by atoms with Crippen molar-refractivity contribution in [2.75, 3.05) is 0 Å². The SMILES string of the molecule is Cc1ccsc1/C=C/C(=O)c1ccc(Cl)s1. The minimum atomic E-state index is 0.00435. The lowest BCUT2D eigenvalue weighted by molar-refractivity contribution is 0.105. The highest BCUT2D eigenvalue weighted by molar-refractivity contribution is 7.18. The average molecular weight is 269 g/mol. The zero-order chi connectivity index (χ0) is 11.5. The Labute approximate surface area is 107 Å². The lowest BCUT2D eigenvalue weighted by Crippen LogP contribution is -1.88. The van der Waals surface area contributed by atoms with Gasteiger partial charge in [0.05, 0.1) is 9.21 Å². The molecular formula is C12H9ClOS2. The fraction of sp³-hybridized carbons (Fsp3) is 0.0833. The molecule has 2 rings (SSSR count). The van der Waals surface area contributed by atoms with Crippen molar-refractivity contribution in [2.45, 2.75) is 6.92 Å². The van der Waals surface area contributed by atoms with Crippen molar-refractivity contribution in [1.82, 2.24) is 0 Å². The summed E-state index contributed by atoms with van der Waals surface area (Å²) in [5.41, 5.74) is 1.19. The van der Waals surface area contributed by atoms with Crippen LogP contribution in [0, 0.1) is 6.92 Å². The van der Waals surface area contributed by atoms with Crippen LogP contribution in [0.4, 0.5) is 0 Å². The van der Waals surface area contributed by atoms with Crippen LogP contribution >= 0.6 is 34.3 Å². The molecular weight excluding hydrogens is 260 g/mol. The maximum Gasteiger partial charge on any atom is 0.195 e. The summed E-state index contributed by atoms with van der Waals surface area (Å²) in [6, 6.07) is 5.53. The van der Waals surface area contributed by atoms with E-state index >= 15 is 0 Å². The highest BCUT2D eigenvalue weighted by atomic mass is 35.5. The van der Waals surface area contributed by atoms with Gasteiger partial charge < -0.3 is 0 Å². The minimum Gasteiger partial charge on any atom is -0.288 e. The van der Waals surface area contributed by atoms with E-state index < -0.39 is 0 Å². The van der Waals surface area contributed by atoms with Crippen LogP contribution in [0.25, 0.3) is 6.08 Å². The molecule has 0 N–H and O–H groups in total. The molecule has 0 aliphatic rings. The largest absolute Gasteiger partial charge is 0.288 e. The van der Waals surface area contributed by atoms with Gasteiger partial charge in [-0.1, -0.05) is 11.6 Å². The molecule has 0 aliphatic heterocycles. The van der Waals surface area contributed by atoms with E-state index in [1.54, 1.807) is 29.5 Å². The van der Waals surface area contributed by atoms with Crippen LogP contribution in [0.5, 0.6) is 0 Å². The van der Waals surface area contributed by atoms with E-state index in [-0.39, 0.29) is 5.78 Å². The number of rotatable bonds is 3. The van der Waals surface area contributed by atoms with E-state index in [0.29, 0.717) is 9.21 Å². The molecule has 0 aromatic carbocycles. The summed E-state index contributed by atoms with van der Waals surface area (Å²) in [5.74, 6) is 0.00435. The van der Waals surface area contributed by atoms with Gasteiger partial charge in [-0.3, -0.25) is 4.79 Å². The van der Waals surface area contributed by atoms with Gasteiger partial charge in [0, 0.05) is 4.88 Å². The molecule has 0 radical (unpaired) electrons. The van der Waals surface area contributed by atoms with E-state index in [1.807, 2.05) is 24.4 Å².